The lowest BCUT2D eigenvalue weighted by atomic mass is 9.97. The van der Waals surface area contributed by atoms with Gasteiger partial charge in [0.05, 0.1) is 11.7 Å². The molecule has 0 aromatic rings. The molecule has 1 heterocycles. The van der Waals surface area contributed by atoms with E-state index in [9.17, 15) is 4.79 Å². The van der Waals surface area contributed by atoms with Crippen molar-refractivity contribution in [1.82, 2.24) is 10.2 Å². The summed E-state index contributed by atoms with van der Waals surface area (Å²) in [6.07, 6.45) is 9.16. The van der Waals surface area contributed by atoms with Crippen molar-refractivity contribution in [3.63, 3.8) is 0 Å². The van der Waals surface area contributed by atoms with Crippen molar-refractivity contribution < 1.29 is 4.79 Å². The van der Waals surface area contributed by atoms with E-state index in [0.29, 0.717) is 11.9 Å². The van der Waals surface area contributed by atoms with Gasteiger partial charge in [-0.2, -0.15) is 0 Å². The zero-order valence-electron chi connectivity index (χ0n) is 14.2. The Bertz CT molecular complexity index is 305. The second kappa shape index (κ2) is 8.02. The molecule has 1 aliphatic heterocycles. The SMILES string of the molecule is CCCCC(CCC)N1C(=O)C(C)(CC)NC1CCC. The van der Waals surface area contributed by atoms with Crippen molar-refractivity contribution in [2.45, 2.75) is 104 Å². The number of hydrogen-bond acceptors (Lipinski definition) is 2. The molecule has 3 unspecified atom stereocenters. The van der Waals surface area contributed by atoms with Crippen LogP contribution in [0.15, 0.2) is 0 Å². The van der Waals surface area contributed by atoms with Crippen molar-refractivity contribution in [2.75, 3.05) is 0 Å². The Kier molecular flexibility index (Phi) is 7.01. The predicted octanol–water partition coefficient (Wildman–Crippen LogP) is 4.07. The highest BCUT2D eigenvalue weighted by Crippen LogP contribution is 2.30. The molecule has 3 heteroatoms. The smallest absolute Gasteiger partial charge is 0.244 e. The second-order valence-electron chi connectivity index (χ2n) is 6.43. The number of carbonyl (C=O) groups is 1. The summed E-state index contributed by atoms with van der Waals surface area (Å²) in [6, 6.07) is 0.421. The molecule has 3 atom stereocenters. The van der Waals surface area contributed by atoms with Crippen LogP contribution in [0.3, 0.4) is 0 Å². The molecule has 1 saturated heterocycles. The van der Waals surface area contributed by atoms with E-state index in [1.807, 2.05) is 0 Å². The number of nitrogens with one attached hydrogen (secondary N) is 1. The standard InChI is InChI=1S/C17H34N2O/c1-6-10-13-14(11-7-2)19-15(12-8-3)18-17(5,9-4)16(19)20/h14-15,18H,6-13H2,1-5H3. The number of nitrogens with zero attached hydrogens (tertiary/aromatic N) is 1. The van der Waals surface area contributed by atoms with E-state index >= 15 is 0 Å². The van der Waals surface area contributed by atoms with Crippen LogP contribution in [0.25, 0.3) is 0 Å². The molecule has 1 rings (SSSR count). The van der Waals surface area contributed by atoms with Crippen LogP contribution < -0.4 is 5.32 Å². The summed E-state index contributed by atoms with van der Waals surface area (Å²) in [5, 5.41) is 3.61. The van der Waals surface area contributed by atoms with Gasteiger partial charge in [-0.3, -0.25) is 10.1 Å². The van der Waals surface area contributed by atoms with Crippen LogP contribution in [0, 0.1) is 0 Å². The van der Waals surface area contributed by atoms with E-state index in [1.54, 1.807) is 0 Å². The number of rotatable bonds is 9. The topological polar surface area (TPSA) is 32.3 Å². The number of unbranched alkanes of at least 4 members (excludes halogenated alkanes) is 1. The van der Waals surface area contributed by atoms with Crippen LogP contribution in [-0.4, -0.2) is 28.6 Å². The molecule has 0 radical (unpaired) electrons. The fourth-order valence-corrected chi connectivity index (χ4v) is 3.28. The lowest BCUT2D eigenvalue weighted by Crippen LogP contribution is -2.45. The van der Waals surface area contributed by atoms with E-state index in [4.69, 9.17) is 0 Å². The molecule has 20 heavy (non-hydrogen) atoms. The van der Waals surface area contributed by atoms with E-state index < -0.39 is 0 Å². The monoisotopic (exact) mass is 282 g/mol. The molecule has 0 aliphatic carbocycles. The average molecular weight is 282 g/mol. The largest absolute Gasteiger partial charge is 0.323 e. The first kappa shape index (κ1) is 17.5. The number of carbonyl (C=O) groups excluding carboxylic acids is 1. The van der Waals surface area contributed by atoms with E-state index in [0.717, 1.165) is 38.5 Å². The Labute approximate surface area is 125 Å². The number of amides is 1. The molecule has 118 valence electrons. The van der Waals surface area contributed by atoms with E-state index in [2.05, 4.69) is 44.8 Å². The fraction of sp³-hybridized carbons (Fsp3) is 0.941. The molecule has 3 nitrogen and oxygen atoms in total. The minimum atomic E-state index is -0.349. The summed E-state index contributed by atoms with van der Waals surface area (Å²) in [6.45, 7) is 10.8. The third kappa shape index (κ3) is 3.75. The highest BCUT2D eigenvalue weighted by molar-refractivity contribution is 5.88. The van der Waals surface area contributed by atoms with Gasteiger partial charge in [0.2, 0.25) is 5.91 Å². The molecule has 0 aromatic heterocycles. The van der Waals surface area contributed by atoms with Crippen molar-refractivity contribution in [3.05, 3.63) is 0 Å². The van der Waals surface area contributed by atoms with E-state index in [1.165, 1.54) is 12.8 Å². The maximum Gasteiger partial charge on any atom is 0.244 e. The maximum atomic E-state index is 12.9. The Morgan fingerprint density at radius 3 is 2.35 bits per heavy atom. The highest BCUT2D eigenvalue weighted by atomic mass is 16.2. The predicted molar refractivity (Wildman–Crippen MR) is 85.6 cm³/mol. The van der Waals surface area contributed by atoms with Crippen LogP contribution in [0.4, 0.5) is 0 Å². The van der Waals surface area contributed by atoms with Gasteiger partial charge in [-0.25, -0.2) is 0 Å². The van der Waals surface area contributed by atoms with Crippen molar-refractivity contribution >= 4 is 5.91 Å². The van der Waals surface area contributed by atoms with Gasteiger partial charge in [-0.15, -0.1) is 0 Å². The maximum absolute atomic E-state index is 12.9. The zero-order valence-corrected chi connectivity index (χ0v) is 14.2. The first-order valence-corrected chi connectivity index (χ1v) is 8.64. The lowest BCUT2D eigenvalue weighted by Gasteiger charge is -2.33. The Hall–Kier alpha value is -0.570. The third-order valence-corrected chi connectivity index (χ3v) is 4.70. The first-order valence-electron chi connectivity index (χ1n) is 8.64. The molecule has 0 bridgehead atoms. The number of hydrogen-bond donors (Lipinski definition) is 1. The van der Waals surface area contributed by atoms with Gasteiger partial charge in [0, 0.05) is 6.04 Å². The molecule has 0 saturated carbocycles. The van der Waals surface area contributed by atoms with Gasteiger partial charge in [0.1, 0.15) is 0 Å². The Morgan fingerprint density at radius 1 is 1.15 bits per heavy atom. The van der Waals surface area contributed by atoms with Gasteiger partial charge in [-0.05, 0) is 32.6 Å². The summed E-state index contributed by atoms with van der Waals surface area (Å²) in [5.41, 5.74) is -0.349. The third-order valence-electron chi connectivity index (χ3n) is 4.70. The fourth-order valence-electron chi connectivity index (χ4n) is 3.28. The van der Waals surface area contributed by atoms with Crippen LogP contribution >= 0.6 is 0 Å². The molecular weight excluding hydrogens is 248 g/mol. The van der Waals surface area contributed by atoms with Gasteiger partial charge < -0.3 is 4.90 Å². The summed E-state index contributed by atoms with van der Waals surface area (Å²) >= 11 is 0. The first-order chi connectivity index (χ1) is 9.53. The van der Waals surface area contributed by atoms with Gasteiger partial charge in [0.15, 0.2) is 0 Å². The van der Waals surface area contributed by atoms with Crippen LogP contribution in [0.1, 0.15) is 86.0 Å². The Morgan fingerprint density at radius 2 is 1.85 bits per heavy atom. The highest BCUT2D eigenvalue weighted by Gasteiger charge is 2.48. The molecule has 1 N–H and O–H groups in total. The van der Waals surface area contributed by atoms with Crippen LogP contribution in [0.5, 0.6) is 0 Å². The van der Waals surface area contributed by atoms with E-state index in [-0.39, 0.29) is 11.7 Å². The van der Waals surface area contributed by atoms with Crippen molar-refractivity contribution in [1.29, 1.82) is 0 Å². The van der Waals surface area contributed by atoms with Crippen molar-refractivity contribution in [3.8, 4) is 0 Å². The minimum absolute atomic E-state index is 0.242. The van der Waals surface area contributed by atoms with Crippen molar-refractivity contribution in [2.24, 2.45) is 0 Å². The molecular formula is C17H34N2O. The molecule has 1 fully saturated rings. The molecule has 1 amide bonds. The second-order valence-corrected chi connectivity index (χ2v) is 6.43. The van der Waals surface area contributed by atoms with Gasteiger partial charge in [-0.1, -0.05) is 53.4 Å². The quantitative estimate of drug-likeness (QED) is 0.691. The summed E-state index contributed by atoms with van der Waals surface area (Å²) < 4.78 is 0. The van der Waals surface area contributed by atoms with Crippen LogP contribution in [-0.2, 0) is 4.79 Å². The zero-order chi connectivity index (χ0) is 15.2. The lowest BCUT2D eigenvalue weighted by molar-refractivity contribution is -0.135. The Balaban J connectivity index is 2.91. The van der Waals surface area contributed by atoms with Gasteiger partial charge in [0.25, 0.3) is 0 Å². The normalized spacial score (nSPS) is 28.1. The van der Waals surface area contributed by atoms with Crippen LogP contribution in [0.2, 0.25) is 0 Å². The molecule has 0 spiro atoms. The molecule has 1 aliphatic rings. The minimum Gasteiger partial charge on any atom is -0.323 e. The average Bonchev–Trinajstić information content (AvgIpc) is 2.68. The summed E-state index contributed by atoms with van der Waals surface area (Å²) in [4.78, 5) is 15.1. The van der Waals surface area contributed by atoms with Gasteiger partial charge >= 0.3 is 0 Å². The summed E-state index contributed by atoms with van der Waals surface area (Å²) in [7, 11) is 0. The molecule has 0 aromatic carbocycles. The summed E-state index contributed by atoms with van der Waals surface area (Å²) in [5.74, 6) is 0.327.